The fourth-order valence-corrected chi connectivity index (χ4v) is 3.44. The standard InChI is InChI=1S/C14H26N2O/c15-14(17)13(11-7-3-1-4-8-11)16-12-9-5-2-6-10-12/h11-13,16H,1-10H2,(H2,15,17). The average molecular weight is 238 g/mol. The van der Waals surface area contributed by atoms with Crippen molar-refractivity contribution in [3.8, 4) is 0 Å². The predicted molar refractivity (Wildman–Crippen MR) is 69.6 cm³/mol. The molecule has 0 spiro atoms. The van der Waals surface area contributed by atoms with E-state index < -0.39 is 0 Å². The number of carbonyl (C=O) groups is 1. The smallest absolute Gasteiger partial charge is 0.234 e. The number of carbonyl (C=O) groups excluding carboxylic acids is 1. The van der Waals surface area contributed by atoms with Gasteiger partial charge in [-0.25, -0.2) is 0 Å². The minimum absolute atomic E-state index is 0.0709. The van der Waals surface area contributed by atoms with Gasteiger partial charge in [-0.3, -0.25) is 4.79 Å². The molecule has 3 nitrogen and oxygen atoms in total. The second-order valence-corrected chi connectivity index (χ2v) is 5.78. The molecule has 2 fully saturated rings. The van der Waals surface area contributed by atoms with E-state index in [1.54, 1.807) is 0 Å². The highest BCUT2D eigenvalue weighted by atomic mass is 16.1. The first-order valence-electron chi connectivity index (χ1n) is 7.33. The first-order valence-corrected chi connectivity index (χ1v) is 7.33. The molecule has 17 heavy (non-hydrogen) atoms. The van der Waals surface area contributed by atoms with Gasteiger partial charge in [-0.15, -0.1) is 0 Å². The highest BCUT2D eigenvalue weighted by Gasteiger charge is 2.30. The number of rotatable bonds is 4. The Morgan fingerprint density at radius 1 is 0.941 bits per heavy atom. The van der Waals surface area contributed by atoms with Crippen LogP contribution in [0.2, 0.25) is 0 Å². The van der Waals surface area contributed by atoms with Crippen molar-refractivity contribution in [3.63, 3.8) is 0 Å². The molecule has 0 aliphatic heterocycles. The maximum atomic E-state index is 11.6. The maximum Gasteiger partial charge on any atom is 0.234 e. The van der Waals surface area contributed by atoms with Gasteiger partial charge in [0, 0.05) is 6.04 Å². The van der Waals surface area contributed by atoms with Crippen molar-refractivity contribution in [2.24, 2.45) is 11.7 Å². The van der Waals surface area contributed by atoms with Crippen molar-refractivity contribution in [3.05, 3.63) is 0 Å². The molecule has 1 atom stereocenters. The lowest BCUT2D eigenvalue weighted by molar-refractivity contribution is -0.121. The van der Waals surface area contributed by atoms with Crippen LogP contribution in [0.25, 0.3) is 0 Å². The van der Waals surface area contributed by atoms with E-state index in [1.807, 2.05) is 0 Å². The zero-order valence-corrected chi connectivity index (χ0v) is 10.8. The number of amides is 1. The predicted octanol–water partition coefficient (Wildman–Crippen LogP) is 2.34. The minimum atomic E-state index is -0.137. The van der Waals surface area contributed by atoms with Gasteiger partial charge in [0.05, 0.1) is 6.04 Å². The van der Waals surface area contributed by atoms with E-state index in [9.17, 15) is 4.79 Å². The summed E-state index contributed by atoms with van der Waals surface area (Å²) in [7, 11) is 0. The van der Waals surface area contributed by atoms with Gasteiger partial charge in [-0.05, 0) is 31.6 Å². The summed E-state index contributed by atoms with van der Waals surface area (Å²) in [6.07, 6.45) is 12.6. The molecule has 0 radical (unpaired) electrons. The van der Waals surface area contributed by atoms with Crippen LogP contribution >= 0.6 is 0 Å². The zero-order chi connectivity index (χ0) is 12.1. The molecule has 2 saturated carbocycles. The highest BCUT2D eigenvalue weighted by Crippen LogP contribution is 2.28. The van der Waals surface area contributed by atoms with Gasteiger partial charge in [0.2, 0.25) is 5.91 Å². The molecule has 1 unspecified atom stereocenters. The van der Waals surface area contributed by atoms with Crippen LogP contribution < -0.4 is 11.1 Å². The second kappa shape index (κ2) is 6.39. The number of nitrogens with two attached hydrogens (primary N) is 1. The van der Waals surface area contributed by atoms with Gasteiger partial charge in [-0.2, -0.15) is 0 Å². The Morgan fingerprint density at radius 3 is 2.00 bits per heavy atom. The molecular weight excluding hydrogens is 212 g/mol. The van der Waals surface area contributed by atoms with Crippen LogP contribution in [-0.2, 0) is 4.79 Å². The van der Waals surface area contributed by atoms with E-state index in [1.165, 1.54) is 64.2 Å². The van der Waals surface area contributed by atoms with Crippen LogP contribution in [-0.4, -0.2) is 18.0 Å². The molecule has 0 bridgehead atoms. The molecule has 2 rings (SSSR count). The van der Waals surface area contributed by atoms with Gasteiger partial charge in [0.15, 0.2) is 0 Å². The Hall–Kier alpha value is -0.570. The fraction of sp³-hybridized carbons (Fsp3) is 0.929. The van der Waals surface area contributed by atoms with E-state index in [0.29, 0.717) is 12.0 Å². The Morgan fingerprint density at radius 2 is 1.47 bits per heavy atom. The molecule has 98 valence electrons. The summed E-state index contributed by atoms with van der Waals surface area (Å²) in [6, 6.07) is 0.460. The normalized spacial score (nSPS) is 25.6. The second-order valence-electron chi connectivity index (χ2n) is 5.78. The van der Waals surface area contributed by atoms with Crippen molar-refractivity contribution in [1.82, 2.24) is 5.32 Å². The van der Waals surface area contributed by atoms with E-state index in [4.69, 9.17) is 5.73 Å². The molecular formula is C14H26N2O. The van der Waals surface area contributed by atoms with Crippen LogP contribution in [0.5, 0.6) is 0 Å². The van der Waals surface area contributed by atoms with Crippen molar-refractivity contribution < 1.29 is 4.79 Å². The molecule has 3 heteroatoms. The quantitative estimate of drug-likeness (QED) is 0.790. The first kappa shape index (κ1) is 12.9. The van der Waals surface area contributed by atoms with Crippen LogP contribution in [0.4, 0.5) is 0 Å². The molecule has 2 aliphatic carbocycles. The third-order valence-electron chi connectivity index (χ3n) is 4.45. The van der Waals surface area contributed by atoms with Crippen molar-refractivity contribution in [2.75, 3.05) is 0 Å². The molecule has 0 heterocycles. The topological polar surface area (TPSA) is 55.1 Å². The monoisotopic (exact) mass is 238 g/mol. The summed E-state index contributed by atoms with van der Waals surface area (Å²) < 4.78 is 0. The summed E-state index contributed by atoms with van der Waals surface area (Å²) in [5.41, 5.74) is 5.58. The molecule has 3 N–H and O–H groups in total. The van der Waals surface area contributed by atoms with Gasteiger partial charge < -0.3 is 11.1 Å². The van der Waals surface area contributed by atoms with Gasteiger partial charge >= 0.3 is 0 Å². The van der Waals surface area contributed by atoms with E-state index >= 15 is 0 Å². The average Bonchev–Trinajstić information content (AvgIpc) is 2.38. The third kappa shape index (κ3) is 3.70. The Kier molecular flexibility index (Phi) is 4.84. The largest absolute Gasteiger partial charge is 0.368 e. The van der Waals surface area contributed by atoms with Crippen LogP contribution in [0.15, 0.2) is 0 Å². The summed E-state index contributed by atoms with van der Waals surface area (Å²) in [5.74, 6) is 0.352. The minimum Gasteiger partial charge on any atom is -0.368 e. The lowest BCUT2D eigenvalue weighted by atomic mass is 9.82. The fourth-order valence-electron chi connectivity index (χ4n) is 3.44. The van der Waals surface area contributed by atoms with Gasteiger partial charge in [0.1, 0.15) is 0 Å². The number of nitrogens with one attached hydrogen (secondary N) is 1. The maximum absolute atomic E-state index is 11.6. The zero-order valence-electron chi connectivity index (χ0n) is 10.8. The van der Waals surface area contributed by atoms with Crippen molar-refractivity contribution >= 4 is 5.91 Å². The molecule has 2 aliphatic rings. The van der Waals surface area contributed by atoms with Gasteiger partial charge in [-0.1, -0.05) is 38.5 Å². The summed E-state index contributed by atoms with van der Waals surface area (Å²) in [5, 5.41) is 3.55. The molecule has 1 amide bonds. The van der Waals surface area contributed by atoms with Crippen LogP contribution in [0.3, 0.4) is 0 Å². The Labute approximate surface area is 105 Å². The Bertz CT molecular complexity index is 243. The van der Waals surface area contributed by atoms with E-state index in [2.05, 4.69) is 5.32 Å². The van der Waals surface area contributed by atoms with E-state index in [0.717, 1.165) is 0 Å². The summed E-state index contributed by atoms with van der Waals surface area (Å²) >= 11 is 0. The first-order chi connectivity index (χ1) is 8.27. The van der Waals surface area contributed by atoms with E-state index in [-0.39, 0.29) is 11.9 Å². The molecule has 0 aromatic rings. The third-order valence-corrected chi connectivity index (χ3v) is 4.45. The number of hydrogen-bond donors (Lipinski definition) is 2. The lowest BCUT2D eigenvalue weighted by Crippen LogP contribution is -2.51. The summed E-state index contributed by atoms with van der Waals surface area (Å²) in [6.45, 7) is 0. The molecule has 0 aromatic heterocycles. The van der Waals surface area contributed by atoms with Crippen LogP contribution in [0, 0.1) is 5.92 Å². The van der Waals surface area contributed by atoms with Crippen molar-refractivity contribution in [1.29, 1.82) is 0 Å². The van der Waals surface area contributed by atoms with Crippen LogP contribution in [0.1, 0.15) is 64.2 Å². The number of hydrogen-bond acceptors (Lipinski definition) is 2. The van der Waals surface area contributed by atoms with Crippen molar-refractivity contribution in [2.45, 2.75) is 76.3 Å². The molecule has 0 aromatic carbocycles. The Balaban J connectivity index is 1.88. The van der Waals surface area contributed by atoms with Gasteiger partial charge in [0.25, 0.3) is 0 Å². The SMILES string of the molecule is NC(=O)C(NC1CCCCC1)C1CCCCC1. The number of primary amides is 1. The lowest BCUT2D eigenvalue weighted by Gasteiger charge is -2.33. The molecule has 0 saturated heterocycles. The summed E-state index contributed by atoms with van der Waals surface area (Å²) in [4.78, 5) is 11.6. The highest BCUT2D eigenvalue weighted by molar-refractivity contribution is 5.80.